The summed E-state index contributed by atoms with van der Waals surface area (Å²) in [7, 11) is -2.86. The van der Waals surface area contributed by atoms with E-state index in [1.807, 2.05) is 36.1 Å². The first-order valence-electron chi connectivity index (χ1n) is 9.41. The Morgan fingerprint density at radius 2 is 1.92 bits per heavy atom. The van der Waals surface area contributed by atoms with E-state index in [9.17, 15) is 13.2 Å². The topological polar surface area (TPSA) is 66.9 Å². The molecule has 6 nitrogen and oxygen atoms in total. The second-order valence-electron chi connectivity index (χ2n) is 7.01. The lowest BCUT2D eigenvalue weighted by atomic mass is 10.1. The Morgan fingerprint density at radius 3 is 2.58 bits per heavy atom. The Bertz CT molecular complexity index is 727. The fraction of sp³-hybridized carbons (Fsp3) is 0.632. The first kappa shape index (κ1) is 19.2. The first-order chi connectivity index (χ1) is 12.5. The molecule has 2 aliphatic heterocycles. The van der Waals surface area contributed by atoms with Crippen LogP contribution in [0.2, 0.25) is 0 Å². The van der Waals surface area contributed by atoms with Crippen molar-refractivity contribution in [2.45, 2.75) is 32.2 Å². The van der Waals surface area contributed by atoms with Crippen molar-refractivity contribution in [3.8, 4) is 5.75 Å². The van der Waals surface area contributed by atoms with Crippen LogP contribution in [0.1, 0.15) is 25.3 Å². The van der Waals surface area contributed by atoms with Crippen molar-refractivity contribution in [2.24, 2.45) is 0 Å². The maximum atomic E-state index is 12.5. The summed E-state index contributed by atoms with van der Waals surface area (Å²) in [6.45, 7) is 5.47. The van der Waals surface area contributed by atoms with Gasteiger partial charge >= 0.3 is 0 Å². The molecule has 1 aromatic carbocycles. The van der Waals surface area contributed by atoms with Crippen LogP contribution in [-0.4, -0.2) is 74.5 Å². The number of carbonyl (C=O) groups excluding carboxylic acids is 1. The molecular weight excluding hydrogens is 352 g/mol. The monoisotopic (exact) mass is 380 g/mol. The maximum absolute atomic E-state index is 12.5. The highest BCUT2D eigenvalue weighted by Crippen LogP contribution is 2.21. The molecule has 0 aromatic heterocycles. The van der Waals surface area contributed by atoms with Gasteiger partial charge in [0.1, 0.15) is 5.75 Å². The molecule has 0 N–H and O–H groups in total. The molecule has 0 saturated carbocycles. The van der Waals surface area contributed by atoms with E-state index >= 15 is 0 Å². The summed E-state index contributed by atoms with van der Waals surface area (Å²) in [5.74, 6) is 1.59. The van der Waals surface area contributed by atoms with Gasteiger partial charge in [-0.25, -0.2) is 8.42 Å². The van der Waals surface area contributed by atoms with Crippen LogP contribution in [0.3, 0.4) is 0 Å². The van der Waals surface area contributed by atoms with Crippen molar-refractivity contribution in [1.29, 1.82) is 0 Å². The van der Waals surface area contributed by atoms with Gasteiger partial charge in [-0.1, -0.05) is 18.2 Å². The summed E-state index contributed by atoms with van der Waals surface area (Å²) in [6.07, 6.45) is 1.88. The Balaban J connectivity index is 1.47. The van der Waals surface area contributed by atoms with Crippen LogP contribution in [0.5, 0.6) is 5.75 Å². The number of amides is 1. The van der Waals surface area contributed by atoms with Gasteiger partial charge in [-0.3, -0.25) is 9.69 Å². The van der Waals surface area contributed by atoms with E-state index in [0.29, 0.717) is 38.3 Å². The highest BCUT2D eigenvalue weighted by atomic mass is 32.2. The van der Waals surface area contributed by atoms with Crippen LogP contribution in [0.4, 0.5) is 0 Å². The molecule has 0 bridgehead atoms. The Labute approximate surface area is 156 Å². The summed E-state index contributed by atoms with van der Waals surface area (Å²) >= 11 is 0. The SMILES string of the molecule is CCOc1ccccc1CCC(=O)N1CCN(C2CCS(=O)(=O)C2)CC1. The number of piperazine rings is 1. The number of ether oxygens (including phenoxy) is 1. The second-order valence-corrected chi connectivity index (χ2v) is 9.24. The number of sulfone groups is 1. The third-order valence-electron chi connectivity index (χ3n) is 5.27. The van der Waals surface area contributed by atoms with E-state index in [2.05, 4.69) is 4.90 Å². The quantitative estimate of drug-likeness (QED) is 0.745. The molecule has 1 aromatic rings. The van der Waals surface area contributed by atoms with E-state index < -0.39 is 9.84 Å². The van der Waals surface area contributed by atoms with E-state index in [1.54, 1.807) is 0 Å². The Morgan fingerprint density at radius 1 is 1.19 bits per heavy atom. The van der Waals surface area contributed by atoms with Crippen molar-refractivity contribution in [2.75, 3.05) is 44.3 Å². The van der Waals surface area contributed by atoms with Crippen molar-refractivity contribution in [3.05, 3.63) is 29.8 Å². The number of para-hydroxylation sites is 1. The zero-order valence-electron chi connectivity index (χ0n) is 15.4. The van der Waals surface area contributed by atoms with Crippen LogP contribution in [-0.2, 0) is 21.1 Å². The predicted molar refractivity (Wildman–Crippen MR) is 101 cm³/mol. The number of carbonyl (C=O) groups is 1. The molecule has 144 valence electrons. The van der Waals surface area contributed by atoms with Crippen molar-refractivity contribution >= 4 is 15.7 Å². The summed E-state index contributed by atoms with van der Waals surface area (Å²) in [4.78, 5) is 16.7. The average Bonchev–Trinajstić information content (AvgIpc) is 3.01. The van der Waals surface area contributed by atoms with E-state index in [1.165, 1.54) is 0 Å². The van der Waals surface area contributed by atoms with Crippen LogP contribution in [0.25, 0.3) is 0 Å². The minimum absolute atomic E-state index is 0.135. The van der Waals surface area contributed by atoms with Gasteiger partial charge in [0.05, 0.1) is 18.1 Å². The third-order valence-corrected chi connectivity index (χ3v) is 7.02. The van der Waals surface area contributed by atoms with Crippen molar-refractivity contribution in [3.63, 3.8) is 0 Å². The van der Waals surface area contributed by atoms with Crippen LogP contribution >= 0.6 is 0 Å². The summed E-state index contributed by atoms with van der Waals surface area (Å²) in [5.41, 5.74) is 1.07. The normalized spacial score (nSPS) is 23.1. The van der Waals surface area contributed by atoms with Gasteiger partial charge in [0.25, 0.3) is 0 Å². The predicted octanol–water partition coefficient (Wildman–Crippen LogP) is 1.35. The van der Waals surface area contributed by atoms with Crippen LogP contribution in [0.15, 0.2) is 24.3 Å². The molecule has 2 aliphatic rings. The average molecular weight is 381 g/mol. The molecule has 1 amide bonds. The Kier molecular flexibility index (Phi) is 6.19. The minimum atomic E-state index is -2.86. The van der Waals surface area contributed by atoms with Gasteiger partial charge in [-0.05, 0) is 31.4 Å². The molecule has 7 heteroatoms. The van der Waals surface area contributed by atoms with Gasteiger partial charge in [-0.2, -0.15) is 0 Å². The lowest BCUT2D eigenvalue weighted by molar-refractivity contribution is -0.133. The number of benzene rings is 1. The molecule has 2 fully saturated rings. The summed E-state index contributed by atoms with van der Waals surface area (Å²) < 4.78 is 28.9. The van der Waals surface area contributed by atoms with Crippen LogP contribution < -0.4 is 4.74 Å². The molecule has 0 radical (unpaired) electrons. The number of hydrogen-bond donors (Lipinski definition) is 0. The van der Waals surface area contributed by atoms with Gasteiger partial charge < -0.3 is 9.64 Å². The number of hydrogen-bond acceptors (Lipinski definition) is 5. The molecule has 1 atom stereocenters. The summed E-state index contributed by atoms with van der Waals surface area (Å²) in [5, 5.41) is 0. The number of nitrogens with zero attached hydrogens (tertiary/aromatic N) is 2. The van der Waals surface area contributed by atoms with Gasteiger partial charge in [-0.15, -0.1) is 0 Å². The molecule has 2 saturated heterocycles. The van der Waals surface area contributed by atoms with Gasteiger partial charge in [0.15, 0.2) is 9.84 Å². The Hall–Kier alpha value is -1.60. The molecule has 26 heavy (non-hydrogen) atoms. The molecule has 1 unspecified atom stereocenters. The fourth-order valence-electron chi connectivity index (χ4n) is 3.81. The van der Waals surface area contributed by atoms with Gasteiger partial charge in [0.2, 0.25) is 5.91 Å². The van der Waals surface area contributed by atoms with E-state index in [-0.39, 0.29) is 17.7 Å². The van der Waals surface area contributed by atoms with Crippen molar-refractivity contribution < 1.29 is 17.9 Å². The molecule has 0 aliphatic carbocycles. The smallest absolute Gasteiger partial charge is 0.222 e. The summed E-state index contributed by atoms with van der Waals surface area (Å²) in [6, 6.07) is 8.00. The standard InChI is InChI=1S/C19H28N2O4S/c1-2-25-18-6-4-3-5-16(18)7-8-19(22)21-12-10-20(11-13-21)17-9-14-26(23,24)15-17/h3-6,17H,2,7-15H2,1H3. The zero-order chi connectivity index (χ0) is 18.6. The van der Waals surface area contributed by atoms with E-state index in [0.717, 1.165) is 30.8 Å². The molecular formula is C19H28N2O4S. The maximum Gasteiger partial charge on any atom is 0.222 e. The minimum Gasteiger partial charge on any atom is -0.494 e. The lowest BCUT2D eigenvalue weighted by Crippen LogP contribution is -2.52. The second kappa shape index (κ2) is 8.39. The van der Waals surface area contributed by atoms with Gasteiger partial charge in [0, 0.05) is 38.6 Å². The third kappa shape index (κ3) is 4.76. The fourth-order valence-corrected chi connectivity index (χ4v) is 5.57. The molecule has 0 spiro atoms. The first-order valence-corrected chi connectivity index (χ1v) is 11.2. The number of rotatable bonds is 6. The lowest BCUT2D eigenvalue weighted by Gasteiger charge is -2.37. The van der Waals surface area contributed by atoms with Crippen molar-refractivity contribution in [1.82, 2.24) is 9.80 Å². The largest absolute Gasteiger partial charge is 0.494 e. The highest BCUT2D eigenvalue weighted by Gasteiger charge is 2.34. The molecule has 2 heterocycles. The van der Waals surface area contributed by atoms with E-state index in [4.69, 9.17) is 4.74 Å². The zero-order valence-corrected chi connectivity index (χ0v) is 16.2. The highest BCUT2D eigenvalue weighted by molar-refractivity contribution is 7.91. The van der Waals surface area contributed by atoms with Crippen LogP contribution in [0, 0.1) is 0 Å². The molecule has 3 rings (SSSR count). The number of aryl methyl sites for hydroxylation is 1.